The first-order valence-electron chi connectivity index (χ1n) is 18.8. The van der Waals surface area contributed by atoms with E-state index in [2.05, 4.69) is 94.0 Å². The predicted molar refractivity (Wildman–Crippen MR) is 220 cm³/mol. The van der Waals surface area contributed by atoms with Crippen molar-refractivity contribution in [2.24, 2.45) is 5.10 Å². The number of nitrogens with one attached hydrogen (secondary N) is 3. The van der Waals surface area contributed by atoms with Gasteiger partial charge in [-0.2, -0.15) is 13.5 Å². The molecule has 286 valence electrons. The molecule has 5 aromatic rings. The van der Waals surface area contributed by atoms with Gasteiger partial charge in [0.1, 0.15) is 17.3 Å². The maximum absolute atomic E-state index is 13.8. The van der Waals surface area contributed by atoms with Gasteiger partial charge >= 0.3 is 0 Å². The summed E-state index contributed by atoms with van der Waals surface area (Å²) in [4.78, 5) is 26.3. The average molecular weight is 769 g/mol. The summed E-state index contributed by atoms with van der Waals surface area (Å²) in [6.07, 6.45) is 8.41. The molecular weight excluding hydrogens is 725 g/mol. The van der Waals surface area contributed by atoms with Gasteiger partial charge < -0.3 is 15.4 Å². The van der Waals surface area contributed by atoms with Crippen molar-refractivity contribution in [3.8, 4) is 16.9 Å². The Kier molecular flexibility index (Phi) is 11.7. The van der Waals surface area contributed by atoms with Crippen molar-refractivity contribution in [3.05, 3.63) is 155 Å². The first kappa shape index (κ1) is 38.2. The second kappa shape index (κ2) is 17.2. The second-order valence-corrected chi connectivity index (χ2v) is 15.6. The molecule has 4 N–H and O–H groups in total. The minimum atomic E-state index is -4.39. The van der Waals surface area contributed by atoms with Gasteiger partial charge in [-0.15, -0.1) is 0 Å². The summed E-state index contributed by atoms with van der Waals surface area (Å²) in [5.41, 5.74) is 10.3. The molecule has 1 heterocycles. The molecular formula is C45H44N4O6S. The molecule has 1 fully saturated rings. The molecule has 0 bridgehead atoms. The van der Waals surface area contributed by atoms with Gasteiger partial charge in [-0.3, -0.25) is 19.6 Å². The minimum absolute atomic E-state index is 0.0134. The Hall–Kier alpha value is -6.04. The number of carbonyl (C=O) groups excluding carboxylic acids is 2. The number of anilines is 1. The molecule has 0 unspecified atom stereocenters. The third-order valence-corrected chi connectivity index (χ3v) is 11.3. The lowest BCUT2D eigenvalue weighted by molar-refractivity contribution is -0.126. The van der Waals surface area contributed by atoms with Crippen LogP contribution in [0.3, 0.4) is 0 Å². The maximum atomic E-state index is 13.8. The van der Waals surface area contributed by atoms with Crippen molar-refractivity contribution < 1.29 is 27.3 Å². The van der Waals surface area contributed by atoms with Crippen molar-refractivity contribution in [2.75, 3.05) is 25.1 Å². The number of hydrazone groups is 1. The second-order valence-electron chi connectivity index (χ2n) is 14.2. The monoisotopic (exact) mass is 768 g/mol. The van der Waals surface area contributed by atoms with Gasteiger partial charge in [0.15, 0.2) is 0 Å². The molecule has 5 aromatic carbocycles. The zero-order valence-electron chi connectivity index (χ0n) is 30.9. The molecule has 0 radical (unpaired) electrons. The third kappa shape index (κ3) is 9.07. The molecule has 0 atom stereocenters. The Morgan fingerprint density at radius 3 is 2.25 bits per heavy atom. The van der Waals surface area contributed by atoms with E-state index in [9.17, 15) is 22.6 Å². The fraction of sp³-hybridized carbons (Fsp3) is 0.222. The van der Waals surface area contributed by atoms with Crippen LogP contribution in [0.25, 0.3) is 17.2 Å². The minimum Gasteiger partial charge on any atom is -0.489 e. The molecule has 2 aliphatic rings. The lowest BCUT2D eigenvalue weighted by atomic mass is 9.77. The van der Waals surface area contributed by atoms with Crippen LogP contribution in [0, 0.1) is 0 Å². The Bertz CT molecular complexity index is 2350. The van der Waals surface area contributed by atoms with Crippen molar-refractivity contribution >= 4 is 39.9 Å². The molecule has 10 nitrogen and oxygen atoms in total. The normalized spacial score (nSPS) is 14.7. The number of rotatable bonds is 14. The molecule has 0 saturated heterocycles. The smallest absolute Gasteiger partial charge is 0.295 e. The van der Waals surface area contributed by atoms with Gasteiger partial charge in [0, 0.05) is 29.8 Å². The Balaban J connectivity index is 0.883. The van der Waals surface area contributed by atoms with Gasteiger partial charge in [-0.1, -0.05) is 97.8 Å². The van der Waals surface area contributed by atoms with E-state index in [0.717, 1.165) is 49.0 Å². The van der Waals surface area contributed by atoms with Crippen LogP contribution in [0.1, 0.15) is 64.7 Å². The van der Waals surface area contributed by atoms with Crippen LogP contribution in [-0.4, -0.2) is 50.7 Å². The van der Waals surface area contributed by atoms with Crippen LogP contribution in [-0.2, 0) is 26.7 Å². The van der Waals surface area contributed by atoms with E-state index in [1.807, 2.05) is 6.07 Å². The van der Waals surface area contributed by atoms with Crippen LogP contribution < -0.4 is 20.8 Å². The first-order valence-corrected chi connectivity index (χ1v) is 20.3. The van der Waals surface area contributed by atoms with Crippen LogP contribution in [0.2, 0.25) is 0 Å². The Morgan fingerprint density at radius 1 is 0.804 bits per heavy atom. The highest BCUT2D eigenvalue weighted by Gasteiger charge is 2.43. The lowest BCUT2D eigenvalue weighted by Crippen LogP contribution is -2.43. The largest absolute Gasteiger partial charge is 0.489 e. The van der Waals surface area contributed by atoms with Crippen molar-refractivity contribution in [1.29, 1.82) is 0 Å². The molecule has 0 spiro atoms. The number of hydrogen-bond donors (Lipinski definition) is 4. The van der Waals surface area contributed by atoms with Crippen LogP contribution in [0.15, 0.2) is 137 Å². The summed E-state index contributed by atoms with van der Waals surface area (Å²) < 4.78 is 38.8. The van der Waals surface area contributed by atoms with Gasteiger partial charge in [-0.05, 0) is 96.0 Å². The first-order chi connectivity index (χ1) is 27.2. The lowest BCUT2D eigenvalue weighted by Gasteiger charge is -2.30. The summed E-state index contributed by atoms with van der Waals surface area (Å²) in [6.45, 7) is 1.33. The molecule has 1 saturated carbocycles. The maximum Gasteiger partial charge on any atom is 0.295 e. The number of nitrogens with zero attached hydrogens (tertiary/aromatic N) is 1. The number of hydrogen-bond acceptors (Lipinski definition) is 7. The quantitative estimate of drug-likeness (QED) is 0.0390. The van der Waals surface area contributed by atoms with E-state index in [1.165, 1.54) is 46.7 Å². The predicted octanol–water partition coefficient (Wildman–Crippen LogP) is 7.81. The van der Waals surface area contributed by atoms with Gasteiger partial charge in [0.05, 0.1) is 17.3 Å². The molecule has 56 heavy (non-hydrogen) atoms. The Labute approximate surface area is 327 Å². The SMILES string of the molecule is O=C(NCCCNC(=O)C1(c2ccc3c(c2)OCC(Cc2ccc(-c4ccccc4)cc2)=C3)CCCC1)c1ccc(N/N=C/c2ccccc2S(=O)(=O)O)cc1. The van der Waals surface area contributed by atoms with E-state index < -0.39 is 15.5 Å². The van der Waals surface area contributed by atoms with E-state index in [0.29, 0.717) is 37.4 Å². The molecule has 7 rings (SSSR count). The summed E-state index contributed by atoms with van der Waals surface area (Å²) in [5.74, 6) is 0.581. The fourth-order valence-corrected chi connectivity index (χ4v) is 8.07. The highest BCUT2D eigenvalue weighted by Crippen LogP contribution is 2.43. The summed E-state index contributed by atoms with van der Waals surface area (Å²) in [7, 11) is -4.39. The van der Waals surface area contributed by atoms with Gasteiger partial charge in [0.2, 0.25) is 5.91 Å². The Morgan fingerprint density at radius 2 is 1.50 bits per heavy atom. The zero-order chi connectivity index (χ0) is 39.0. The van der Waals surface area contributed by atoms with Gasteiger partial charge in [0.25, 0.3) is 16.0 Å². The zero-order valence-corrected chi connectivity index (χ0v) is 31.7. The molecule has 1 aliphatic heterocycles. The highest BCUT2D eigenvalue weighted by molar-refractivity contribution is 7.86. The molecule has 0 aromatic heterocycles. The van der Waals surface area contributed by atoms with Crippen LogP contribution in [0.5, 0.6) is 5.75 Å². The third-order valence-electron chi connectivity index (χ3n) is 10.4. The number of fused-ring (bicyclic) bond motifs is 1. The topological polar surface area (TPSA) is 146 Å². The summed E-state index contributed by atoms with van der Waals surface area (Å²) >= 11 is 0. The fourth-order valence-electron chi connectivity index (χ4n) is 7.40. The van der Waals surface area contributed by atoms with E-state index >= 15 is 0 Å². The molecule has 2 amide bonds. The number of ether oxygens (including phenoxy) is 1. The van der Waals surface area contributed by atoms with E-state index in [-0.39, 0.29) is 22.3 Å². The van der Waals surface area contributed by atoms with E-state index in [1.54, 1.807) is 30.3 Å². The molecule has 1 aliphatic carbocycles. The van der Waals surface area contributed by atoms with Crippen LogP contribution >= 0.6 is 0 Å². The van der Waals surface area contributed by atoms with Crippen LogP contribution in [0.4, 0.5) is 5.69 Å². The summed E-state index contributed by atoms with van der Waals surface area (Å²) in [5, 5.41) is 10.1. The average Bonchev–Trinajstić information content (AvgIpc) is 3.73. The van der Waals surface area contributed by atoms with Crippen molar-refractivity contribution in [3.63, 3.8) is 0 Å². The molecule has 11 heteroatoms. The summed E-state index contributed by atoms with van der Waals surface area (Å²) in [6, 6.07) is 37.9. The van der Waals surface area contributed by atoms with Gasteiger partial charge in [-0.25, -0.2) is 0 Å². The van der Waals surface area contributed by atoms with E-state index in [4.69, 9.17) is 4.74 Å². The number of benzene rings is 5. The van der Waals surface area contributed by atoms with Crippen molar-refractivity contribution in [2.45, 2.75) is 48.8 Å². The number of amides is 2. The van der Waals surface area contributed by atoms with Crippen molar-refractivity contribution in [1.82, 2.24) is 10.6 Å². The number of carbonyl (C=O) groups is 2. The highest BCUT2D eigenvalue weighted by atomic mass is 32.2. The standard InChI is InChI=1S/C45H44N4O6S/c50-43(36-18-21-40(22-19-36)49-48-30-38-11-4-5-12-42(38)56(52,53)54)46-25-8-26-47-44(51)45(23-6-7-24-45)39-20-17-37-28-33(31-55-41(37)29-39)27-32-13-15-35(16-14-32)34-9-2-1-3-10-34/h1-5,9-22,28-30,49H,6-8,23-27,31H2,(H,46,50)(H,47,51)(H,52,53,54)/b48-30+.